The van der Waals surface area contributed by atoms with E-state index in [1.54, 1.807) is 0 Å². The number of aliphatic hydroxyl groups excluding tert-OH is 1. The van der Waals surface area contributed by atoms with Crippen LogP contribution in [0.15, 0.2) is 30.6 Å². The largest absolute Gasteiger partial charge is 0.396 e. The van der Waals surface area contributed by atoms with E-state index in [1.165, 1.54) is 23.1 Å². The van der Waals surface area contributed by atoms with E-state index in [-0.39, 0.29) is 5.41 Å². The number of piperidine rings is 2. The van der Waals surface area contributed by atoms with Crippen LogP contribution in [-0.4, -0.2) is 64.0 Å². The smallest absolute Gasteiger partial charge is 0.0648 e. The molecule has 0 amide bonds. The van der Waals surface area contributed by atoms with Gasteiger partial charge in [0, 0.05) is 36.3 Å². The molecule has 0 aliphatic carbocycles. The first-order chi connectivity index (χ1) is 13.0. The summed E-state index contributed by atoms with van der Waals surface area (Å²) >= 11 is 0. The molecule has 2 atom stereocenters. The fourth-order valence-electron chi connectivity index (χ4n) is 4.93. The maximum absolute atomic E-state index is 10.1. The highest BCUT2D eigenvalue weighted by atomic mass is 16.3. The van der Waals surface area contributed by atoms with E-state index in [9.17, 15) is 5.11 Å². The van der Waals surface area contributed by atoms with E-state index in [0.717, 1.165) is 44.7 Å². The van der Waals surface area contributed by atoms with Gasteiger partial charge >= 0.3 is 0 Å². The average molecular weight is 369 g/mol. The van der Waals surface area contributed by atoms with Gasteiger partial charge in [0.2, 0.25) is 0 Å². The maximum atomic E-state index is 10.1. The number of nitrogens with zero attached hydrogens (tertiary/aromatic N) is 4. The van der Waals surface area contributed by atoms with Gasteiger partial charge in [0.05, 0.1) is 18.5 Å². The molecule has 27 heavy (non-hydrogen) atoms. The molecule has 0 saturated carbocycles. The molecule has 2 saturated heterocycles. The molecule has 0 spiro atoms. The van der Waals surface area contributed by atoms with E-state index in [2.05, 4.69) is 60.2 Å². The number of hydrogen-bond acceptors (Lipinski definition) is 4. The Balaban J connectivity index is 1.46. The lowest BCUT2D eigenvalue weighted by atomic mass is 9.69. The zero-order valence-corrected chi connectivity index (χ0v) is 16.9. The van der Waals surface area contributed by atoms with Gasteiger partial charge in [-0.2, -0.15) is 5.10 Å². The second kappa shape index (κ2) is 7.38. The minimum absolute atomic E-state index is 0.104. The highest BCUT2D eigenvalue weighted by molar-refractivity contribution is 5.39. The van der Waals surface area contributed by atoms with Crippen LogP contribution in [-0.2, 0) is 6.54 Å². The van der Waals surface area contributed by atoms with Crippen LogP contribution in [0.4, 0.5) is 0 Å². The second-order valence-corrected chi connectivity index (χ2v) is 8.67. The molecule has 0 bridgehead atoms. The van der Waals surface area contributed by atoms with Crippen molar-refractivity contribution in [3.63, 3.8) is 0 Å². The van der Waals surface area contributed by atoms with Crippen molar-refractivity contribution in [2.45, 2.75) is 45.7 Å². The molecular formula is C22H32N4O. The van der Waals surface area contributed by atoms with Gasteiger partial charge in [0.1, 0.15) is 0 Å². The summed E-state index contributed by atoms with van der Waals surface area (Å²) in [6, 6.07) is 6.94. The lowest BCUT2D eigenvalue weighted by molar-refractivity contribution is -0.0684. The third kappa shape index (κ3) is 3.56. The van der Waals surface area contributed by atoms with Gasteiger partial charge in [-0.3, -0.25) is 4.90 Å². The van der Waals surface area contributed by atoms with Crippen LogP contribution in [0.25, 0.3) is 5.69 Å². The number of aliphatic hydroxyl groups is 1. The SMILES string of the molecule is Cc1ccc(-n2cc(CN3CC[C@@]4(CO)CCCN(C)[C@@H]4C3)cn2)cc1C. The normalized spacial score (nSPS) is 26.9. The summed E-state index contributed by atoms with van der Waals surface area (Å²) in [5.74, 6) is 0. The monoisotopic (exact) mass is 368 g/mol. The Kier molecular flexibility index (Phi) is 5.10. The van der Waals surface area contributed by atoms with Crippen molar-refractivity contribution in [1.29, 1.82) is 0 Å². The summed E-state index contributed by atoms with van der Waals surface area (Å²) in [6.45, 7) is 8.76. The van der Waals surface area contributed by atoms with Crippen LogP contribution in [0.2, 0.25) is 0 Å². The van der Waals surface area contributed by atoms with Crippen LogP contribution in [0.3, 0.4) is 0 Å². The minimum atomic E-state index is 0.104. The molecule has 4 rings (SSSR count). The van der Waals surface area contributed by atoms with E-state index in [4.69, 9.17) is 0 Å². The molecule has 2 fully saturated rings. The van der Waals surface area contributed by atoms with Crippen LogP contribution in [0, 0.1) is 19.3 Å². The predicted molar refractivity (Wildman–Crippen MR) is 108 cm³/mol. The standard InChI is InChI=1S/C22H32N4O/c1-17-5-6-20(11-18(17)2)26-14-19(12-23-26)13-25-10-8-22(16-27)7-4-9-24(3)21(22)15-25/h5-6,11-12,14,21,27H,4,7-10,13,15-16H2,1-3H3/t21-,22-/m1/s1. The number of aryl methyl sites for hydroxylation is 2. The molecular weight excluding hydrogens is 336 g/mol. The molecule has 5 nitrogen and oxygen atoms in total. The van der Waals surface area contributed by atoms with Gasteiger partial charge < -0.3 is 10.0 Å². The third-order valence-corrected chi connectivity index (χ3v) is 6.89. The quantitative estimate of drug-likeness (QED) is 0.901. The number of benzene rings is 1. The molecule has 3 heterocycles. The van der Waals surface area contributed by atoms with Crippen molar-refractivity contribution < 1.29 is 5.11 Å². The molecule has 1 N–H and O–H groups in total. The summed E-state index contributed by atoms with van der Waals surface area (Å²) in [4.78, 5) is 4.99. The van der Waals surface area contributed by atoms with Gasteiger partial charge in [0.15, 0.2) is 0 Å². The highest BCUT2D eigenvalue weighted by Crippen LogP contribution is 2.41. The zero-order chi connectivity index (χ0) is 19.0. The Labute approximate surface area is 162 Å². The minimum Gasteiger partial charge on any atom is -0.396 e. The van der Waals surface area contributed by atoms with Crippen molar-refractivity contribution in [2.24, 2.45) is 5.41 Å². The van der Waals surface area contributed by atoms with Gasteiger partial charge in [-0.15, -0.1) is 0 Å². The molecule has 146 valence electrons. The van der Waals surface area contributed by atoms with E-state index >= 15 is 0 Å². The Hall–Kier alpha value is -1.69. The molecule has 5 heteroatoms. The molecule has 2 aromatic rings. The highest BCUT2D eigenvalue weighted by Gasteiger charge is 2.46. The van der Waals surface area contributed by atoms with E-state index in [1.807, 2.05) is 10.9 Å². The lowest BCUT2D eigenvalue weighted by Gasteiger charge is -2.53. The maximum Gasteiger partial charge on any atom is 0.0648 e. The summed E-state index contributed by atoms with van der Waals surface area (Å²) < 4.78 is 1.98. The first kappa shape index (κ1) is 18.7. The molecule has 2 aliphatic rings. The first-order valence-electron chi connectivity index (χ1n) is 10.2. The topological polar surface area (TPSA) is 44.5 Å². The average Bonchev–Trinajstić information content (AvgIpc) is 3.13. The van der Waals surface area contributed by atoms with Gasteiger partial charge in [-0.25, -0.2) is 4.68 Å². The molecule has 2 aliphatic heterocycles. The van der Waals surface area contributed by atoms with Crippen molar-refractivity contribution >= 4 is 0 Å². The Morgan fingerprint density at radius 1 is 1.19 bits per heavy atom. The number of rotatable bonds is 4. The van der Waals surface area contributed by atoms with Gasteiger partial charge in [-0.05, 0) is 76.5 Å². The van der Waals surface area contributed by atoms with Crippen LogP contribution >= 0.6 is 0 Å². The van der Waals surface area contributed by atoms with Crippen molar-refractivity contribution in [2.75, 3.05) is 33.3 Å². The summed E-state index contributed by atoms with van der Waals surface area (Å²) in [5, 5.41) is 14.7. The number of likely N-dealkylation sites (tertiary alicyclic amines) is 2. The van der Waals surface area contributed by atoms with Crippen molar-refractivity contribution in [3.8, 4) is 5.69 Å². The number of hydrogen-bond donors (Lipinski definition) is 1. The zero-order valence-electron chi connectivity index (χ0n) is 16.9. The molecule has 0 radical (unpaired) electrons. The van der Waals surface area contributed by atoms with E-state index < -0.39 is 0 Å². The number of likely N-dealkylation sites (N-methyl/N-ethyl adjacent to an activating group) is 1. The van der Waals surface area contributed by atoms with Crippen LogP contribution < -0.4 is 0 Å². The summed E-state index contributed by atoms with van der Waals surface area (Å²) in [6.07, 6.45) is 7.60. The van der Waals surface area contributed by atoms with Gasteiger partial charge in [-0.1, -0.05) is 6.07 Å². The Bertz CT molecular complexity index is 801. The number of fused-ring (bicyclic) bond motifs is 1. The first-order valence-corrected chi connectivity index (χ1v) is 10.2. The number of aromatic nitrogens is 2. The van der Waals surface area contributed by atoms with Gasteiger partial charge in [0.25, 0.3) is 0 Å². The molecule has 1 aromatic heterocycles. The fraction of sp³-hybridized carbons (Fsp3) is 0.591. The molecule has 1 aromatic carbocycles. The van der Waals surface area contributed by atoms with E-state index in [0.29, 0.717) is 12.6 Å². The summed E-state index contributed by atoms with van der Waals surface area (Å²) in [5.41, 5.74) is 5.08. The predicted octanol–water partition coefficient (Wildman–Crippen LogP) is 2.77. The summed E-state index contributed by atoms with van der Waals surface area (Å²) in [7, 11) is 2.22. The fourth-order valence-corrected chi connectivity index (χ4v) is 4.93. The second-order valence-electron chi connectivity index (χ2n) is 8.67. The third-order valence-electron chi connectivity index (χ3n) is 6.89. The van der Waals surface area contributed by atoms with Crippen LogP contribution in [0.1, 0.15) is 36.0 Å². The van der Waals surface area contributed by atoms with Crippen molar-refractivity contribution in [1.82, 2.24) is 19.6 Å². The Morgan fingerprint density at radius 3 is 2.81 bits per heavy atom. The lowest BCUT2D eigenvalue weighted by Crippen LogP contribution is -2.61. The van der Waals surface area contributed by atoms with Crippen LogP contribution in [0.5, 0.6) is 0 Å². The van der Waals surface area contributed by atoms with Crippen molar-refractivity contribution in [3.05, 3.63) is 47.3 Å². The molecule has 0 unspecified atom stereocenters. The Morgan fingerprint density at radius 2 is 2.04 bits per heavy atom.